The fourth-order valence-corrected chi connectivity index (χ4v) is 2.82. The van der Waals surface area contributed by atoms with Crippen molar-refractivity contribution in [1.82, 2.24) is 5.32 Å². The molecule has 0 radical (unpaired) electrons. The lowest BCUT2D eigenvalue weighted by atomic mass is 10.1. The van der Waals surface area contributed by atoms with Gasteiger partial charge in [0.25, 0.3) is 0 Å². The standard InChI is InChI=1S/C15H24N2/c1-4-7-14(16-3)11-17-12(2)10-13-8-5-6-9-15(13)17/h5-6,8-9,12,14,16H,4,7,10-11H2,1-3H3. The lowest BCUT2D eigenvalue weighted by Crippen LogP contribution is -2.42. The highest BCUT2D eigenvalue weighted by Crippen LogP contribution is 2.31. The third-order valence-electron chi connectivity index (χ3n) is 3.81. The van der Waals surface area contributed by atoms with Crippen molar-refractivity contribution in [2.24, 2.45) is 0 Å². The highest BCUT2D eigenvalue weighted by Gasteiger charge is 2.26. The molecule has 94 valence electrons. The van der Waals surface area contributed by atoms with Crippen LogP contribution in [0.15, 0.2) is 24.3 Å². The van der Waals surface area contributed by atoms with E-state index in [1.165, 1.54) is 30.5 Å². The molecule has 1 N–H and O–H groups in total. The predicted octanol–water partition coefficient (Wildman–Crippen LogP) is 2.83. The van der Waals surface area contributed by atoms with Crippen molar-refractivity contribution < 1.29 is 0 Å². The molecule has 2 atom stereocenters. The van der Waals surface area contributed by atoms with E-state index < -0.39 is 0 Å². The van der Waals surface area contributed by atoms with Gasteiger partial charge in [0, 0.05) is 24.3 Å². The van der Waals surface area contributed by atoms with E-state index in [0.29, 0.717) is 12.1 Å². The third-order valence-corrected chi connectivity index (χ3v) is 3.81. The molecule has 0 fully saturated rings. The second-order valence-corrected chi connectivity index (χ2v) is 5.11. The van der Waals surface area contributed by atoms with E-state index in [2.05, 4.69) is 55.4 Å². The predicted molar refractivity (Wildman–Crippen MR) is 74.7 cm³/mol. The van der Waals surface area contributed by atoms with Crippen molar-refractivity contribution in [3.8, 4) is 0 Å². The first kappa shape index (κ1) is 12.4. The van der Waals surface area contributed by atoms with Gasteiger partial charge in [0.15, 0.2) is 0 Å². The molecule has 0 aliphatic carbocycles. The Kier molecular flexibility index (Phi) is 4.06. The first-order valence-electron chi connectivity index (χ1n) is 6.78. The molecular weight excluding hydrogens is 208 g/mol. The first-order chi connectivity index (χ1) is 8.26. The summed E-state index contributed by atoms with van der Waals surface area (Å²) in [5.74, 6) is 0. The van der Waals surface area contributed by atoms with Crippen LogP contribution < -0.4 is 10.2 Å². The van der Waals surface area contributed by atoms with Crippen LogP contribution in [-0.4, -0.2) is 25.7 Å². The lowest BCUT2D eigenvalue weighted by Gasteiger charge is -2.29. The van der Waals surface area contributed by atoms with Crippen LogP contribution in [0.5, 0.6) is 0 Å². The summed E-state index contributed by atoms with van der Waals surface area (Å²) >= 11 is 0. The van der Waals surface area contributed by atoms with Gasteiger partial charge < -0.3 is 10.2 Å². The Morgan fingerprint density at radius 2 is 2.18 bits per heavy atom. The van der Waals surface area contributed by atoms with E-state index in [0.717, 1.165) is 6.54 Å². The van der Waals surface area contributed by atoms with E-state index in [-0.39, 0.29) is 0 Å². The summed E-state index contributed by atoms with van der Waals surface area (Å²) in [5.41, 5.74) is 2.95. The molecule has 2 heteroatoms. The summed E-state index contributed by atoms with van der Waals surface area (Å²) in [7, 11) is 2.08. The minimum Gasteiger partial charge on any atom is -0.367 e. The van der Waals surface area contributed by atoms with Gasteiger partial charge in [-0.1, -0.05) is 31.5 Å². The summed E-state index contributed by atoms with van der Waals surface area (Å²) in [6, 6.07) is 10.1. The molecule has 0 spiro atoms. The zero-order valence-corrected chi connectivity index (χ0v) is 11.2. The minimum atomic E-state index is 0.605. The van der Waals surface area contributed by atoms with Gasteiger partial charge in [0.1, 0.15) is 0 Å². The smallest absolute Gasteiger partial charge is 0.0402 e. The summed E-state index contributed by atoms with van der Waals surface area (Å²) in [4.78, 5) is 2.56. The third kappa shape index (κ3) is 2.63. The van der Waals surface area contributed by atoms with Gasteiger partial charge >= 0.3 is 0 Å². The van der Waals surface area contributed by atoms with Crippen LogP contribution in [0, 0.1) is 0 Å². The van der Waals surface area contributed by atoms with Gasteiger partial charge in [0.2, 0.25) is 0 Å². The average Bonchev–Trinajstić information content (AvgIpc) is 2.65. The van der Waals surface area contributed by atoms with Crippen molar-refractivity contribution in [3.63, 3.8) is 0 Å². The minimum absolute atomic E-state index is 0.605. The fourth-order valence-electron chi connectivity index (χ4n) is 2.82. The van der Waals surface area contributed by atoms with Gasteiger partial charge in [-0.2, -0.15) is 0 Å². The maximum Gasteiger partial charge on any atom is 0.0402 e. The molecule has 0 saturated heterocycles. The molecule has 1 heterocycles. The molecule has 2 unspecified atom stereocenters. The molecule has 0 bridgehead atoms. The second kappa shape index (κ2) is 5.54. The number of anilines is 1. The van der Waals surface area contributed by atoms with Crippen LogP contribution in [0.25, 0.3) is 0 Å². The van der Waals surface area contributed by atoms with E-state index in [4.69, 9.17) is 0 Å². The molecule has 1 aliphatic heterocycles. The molecule has 2 nitrogen and oxygen atoms in total. The van der Waals surface area contributed by atoms with Gasteiger partial charge in [0.05, 0.1) is 0 Å². The molecular formula is C15H24N2. The molecule has 0 amide bonds. The SMILES string of the molecule is CCCC(CN1c2ccccc2CC1C)NC. The Hall–Kier alpha value is -1.02. The summed E-state index contributed by atoms with van der Waals surface area (Å²) in [5, 5.41) is 3.44. The van der Waals surface area contributed by atoms with Crippen LogP contribution in [-0.2, 0) is 6.42 Å². The maximum atomic E-state index is 3.44. The Balaban J connectivity index is 2.10. The molecule has 17 heavy (non-hydrogen) atoms. The normalized spacial score (nSPS) is 20.4. The van der Waals surface area contributed by atoms with Crippen LogP contribution in [0.1, 0.15) is 32.3 Å². The summed E-state index contributed by atoms with van der Waals surface area (Å²) < 4.78 is 0. The van der Waals surface area contributed by atoms with Gasteiger partial charge in [-0.15, -0.1) is 0 Å². The lowest BCUT2D eigenvalue weighted by molar-refractivity contribution is 0.491. The molecule has 0 aromatic heterocycles. The molecule has 2 rings (SSSR count). The molecule has 1 aromatic rings. The number of fused-ring (bicyclic) bond motifs is 1. The zero-order valence-electron chi connectivity index (χ0n) is 11.2. The van der Waals surface area contributed by atoms with E-state index in [1.54, 1.807) is 0 Å². The first-order valence-corrected chi connectivity index (χ1v) is 6.78. The quantitative estimate of drug-likeness (QED) is 0.840. The second-order valence-electron chi connectivity index (χ2n) is 5.11. The van der Waals surface area contributed by atoms with Gasteiger partial charge in [-0.3, -0.25) is 0 Å². The fraction of sp³-hybridized carbons (Fsp3) is 0.600. The van der Waals surface area contributed by atoms with Crippen LogP contribution in [0.4, 0.5) is 5.69 Å². The summed E-state index contributed by atoms with van der Waals surface area (Å²) in [6.07, 6.45) is 3.69. The molecule has 1 aliphatic rings. The zero-order chi connectivity index (χ0) is 12.3. The Morgan fingerprint density at radius 1 is 1.41 bits per heavy atom. The summed E-state index contributed by atoms with van der Waals surface area (Å²) in [6.45, 7) is 5.72. The monoisotopic (exact) mass is 232 g/mol. The number of rotatable bonds is 5. The number of nitrogens with one attached hydrogen (secondary N) is 1. The highest BCUT2D eigenvalue weighted by molar-refractivity contribution is 5.59. The Morgan fingerprint density at radius 3 is 2.88 bits per heavy atom. The van der Waals surface area contributed by atoms with E-state index >= 15 is 0 Å². The van der Waals surface area contributed by atoms with E-state index in [1.807, 2.05) is 0 Å². The van der Waals surface area contributed by atoms with Crippen LogP contribution in [0.3, 0.4) is 0 Å². The molecule has 0 saturated carbocycles. The molecule has 1 aromatic carbocycles. The number of benzene rings is 1. The number of hydrogen-bond acceptors (Lipinski definition) is 2. The highest BCUT2D eigenvalue weighted by atomic mass is 15.2. The largest absolute Gasteiger partial charge is 0.367 e. The number of likely N-dealkylation sites (N-methyl/N-ethyl adjacent to an activating group) is 1. The number of para-hydroxylation sites is 1. The van der Waals surface area contributed by atoms with Crippen molar-refractivity contribution in [1.29, 1.82) is 0 Å². The maximum absolute atomic E-state index is 3.44. The number of hydrogen-bond donors (Lipinski definition) is 1. The average molecular weight is 232 g/mol. The van der Waals surface area contributed by atoms with E-state index in [9.17, 15) is 0 Å². The topological polar surface area (TPSA) is 15.3 Å². The van der Waals surface area contributed by atoms with Crippen LogP contribution >= 0.6 is 0 Å². The van der Waals surface area contributed by atoms with Crippen molar-refractivity contribution in [2.45, 2.75) is 45.2 Å². The van der Waals surface area contributed by atoms with Crippen LogP contribution in [0.2, 0.25) is 0 Å². The number of nitrogens with zero attached hydrogens (tertiary/aromatic N) is 1. The Labute approximate surface area is 105 Å². The van der Waals surface area contributed by atoms with Crippen molar-refractivity contribution >= 4 is 5.69 Å². The van der Waals surface area contributed by atoms with Gasteiger partial charge in [-0.25, -0.2) is 0 Å². The van der Waals surface area contributed by atoms with Crippen molar-refractivity contribution in [2.75, 3.05) is 18.5 Å². The van der Waals surface area contributed by atoms with Crippen molar-refractivity contribution in [3.05, 3.63) is 29.8 Å². The Bertz CT molecular complexity index is 362. The van der Waals surface area contributed by atoms with Gasteiger partial charge in [-0.05, 0) is 38.4 Å².